The van der Waals surface area contributed by atoms with Gasteiger partial charge in [-0.25, -0.2) is 8.42 Å². The van der Waals surface area contributed by atoms with Gasteiger partial charge in [0.05, 0.1) is 12.7 Å². The molecule has 0 spiro atoms. The highest BCUT2D eigenvalue weighted by atomic mass is 32.2. The molecule has 0 unspecified atom stereocenters. The van der Waals surface area contributed by atoms with Crippen LogP contribution in [0.25, 0.3) is 0 Å². The molecular weight excluding hydrogens is 288 g/mol. The van der Waals surface area contributed by atoms with E-state index in [1.807, 2.05) is 0 Å². The molecule has 0 N–H and O–H groups in total. The molecule has 6 heteroatoms. The molecule has 2 heterocycles. The summed E-state index contributed by atoms with van der Waals surface area (Å²) in [7, 11) is -3.45. The quantitative estimate of drug-likeness (QED) is 0.808. The highest BCUT2D eigenvalue weighted by Gasteiger charge is 2.30. The molecule has 1 aliphatic heterocycles. The second-order valence-corrected chi connectivity index (χ2v) is 7.81. The van der Waals surface area contributed by atoms with Crippen LogP contribution in [0.15, 0.2) is 29.4 Å². The average Bonchev–Trinajstić information content (AvgIpc) is 2.48. The monoisotopic (exact) mass is 312 g/mol. The van der Waals surface area contributed by atoms with Crippen molar-refractivity contribution in [2.24, 2.45) is 5.92 Å². The number of pyridine rings is 1. The van der Waals surface area contributed by atoms with Gasteiger partial charge in [-0.3, -0.25) is 4.98 Å². The highest BCUT2D eigenvalue weighted by molar-refractivity contribution is 7.89. The maximum Gasteiger partial charge on any atom is 0.244 e. The van der Waals surface area contributed by atoms with Gasteiger partial charge < -0.3 is 4.74 Å². The Morgan fingerprint density at radius 2 is 2.29 bits per heavy atom. The number of hydrogen-bond acceptors (Lipinski definition) is 4. The van der Waals surface area contributed by atoms with E-state index in [1.165, 1.54) is 10.5 Å². The Morgan fingerprint density at radius 3 is 2.95 bits per heavy atom. The SMILES string of the molecule is CC(C)CCC[C@H]1CN(S(=O)(=O)c2cccnc2)CCO1. The normalized spacial score (nSPS) is 20.8. The predicted octanol–water partition coefficient (Wildman–Crippen LogP) is 2.30. The standard InChI is InChI=1S/C15H24N2O3S/c1-13(2)5-3-6-14-12-17(9-10-20-14)21(18,19)15-7-4-8-16-11-15/h4,7-8,11,13-14H,3,5-6,9-10,12H2,1-2H3/t14-/m0/s1. The van der Waals surface area contributed by atoms with Crippen LogP contribution in [-0.4, -0.2) is 43.5 Å². The summed E-state index contributed by atoms with van der Waals surface area (Å²) in [6, 6.07) is 3.24. The minimum Gasteiger partial charge on any atom is -0.375 e. The highest BCUT2D eigenvalue weighted by Crippen LogP contribution is 2.20. The third-order valence-electron chi connectivity index (χ3n) is 3.68. The fourth-order valence-corrected chi connectivity index (χ4v) is 3.91. The summed E-state index contributed by atoms with van der Waals surface area (Å²) in [4.78, 5) is 4.15. The number of ether oxygens (including phenoxy) is 1. The summed E-state index contributed by atoms with van der Waals surface area (Å²) in [5, 5.41) is 0. The number of aromatic nitrogens is 1. The molecule has 21 heavy (non-hydrogen) atoms. The Kier molecular flexibility index (Phi) is 5.72. The zero-order valence-corrected chi connectivity index (χ0v) is 13.6. The molecule has 1 atom stereocenters. The molecule has 1 aromatic heterocycles. The lowest BCUT2D eigenvalue weighted by molar-refractivity contribution is -0.00708. The van der Waals surface area contributed by atoms with Gasteiger partial charge in [-0.05, 0) is 24.5 Å². The summed E-state index contributed by atoms with van der Waals surface area (Å²) >= 11 is 0. The largest absolute Gasteiger partial charge is 0.375 e. The predicted molar refractivity (Wildman–Crippen MR) is 81.4 cm³/mol. The van der Waals surface area contributed by atoms with Gasteiger partial charge in [0.15, 0.2) is 0 Å². The molecule has 0 amide bonds. The van der Waals surface area contributed by atoms with Crippen molar-refractivity contribution >= 4 is 10.0 Å². The van der Waals surface area contributed by atoms with Gasteiger partial charge in [0.1, 0.15) is 4.90 Å². The minimum absolute atomic E-state index is 0.00365. The molecule has 1 saturated heterocycles. The van der Waals surface area contributed by atoms with Gasteiger partial charge in [0.25, 0.3) is 0 Å². The molecule has 0 aliphatic carbocycles. The van der Waals surface area contributed by atoms with Crippen LogP contribution in [0.5, 0.6) is 0 Å². The average molecular weight is 312 g/mol. The van der Waals surface area contributed by atoms with Gasteiger partial charge in [-0.1, -0.05) is 26.7 Å². The molecule has 1 aliphatic rings. The van der Waals surface area contributed by atoms with Crippen LogP contribution < -0.4 is 0 Å². The molecule has 1 aromatic rings. The fraction of sp³-hybridized carbons (Fsp3) is 0.667. The van der Waals surface area contributed by atoms with E-state index in [-0.39, 0.29) is 11.0 Å². The summed E-state index contributed by atoms with van der Waals surface area (Å²) in [5.74, 6) is 0.670. The van der Waals surface area contributed by atoms with Crippen LogP contribution in [0, 0.1) is 5.92 Å². The Bertz CT molecular complexity index is 531. The molecule has 118 valence electrons. The van der Waals surface area contributed by atoms with Gasteiger partial charge in [0.2, 0.25) is 10.0 Å². The topological polar surface area (TPSA) is 59.5 Å². The Balaban J connectivity index is 1.97. The minimum atomic E-state index is -3.45. The second kappa shape index (κ2) is 7.33. The van der Waals surface area contributed by atoms with Crippen LogP contribution in [-0.2, 0) is 14.8 Å². The summed E-state index contributed by atoms with van der Waals surface area (Å²) in [6.45, 7) is 5.71. The van der Waals surface area contributed by atoms with Crippen LogP contribution in [0.3, 0.4) is 0 Å². The van der Waals surface area contributed by atoms with Gasteiger partial charge in [-0.2, -0.15) is 4.31 Å². The molecule has 0 aromatic carbocycles. The molecule has 0 bridgehead atoms. The molecule has 0 radical (unpaired) electrons. The first-order valence-electron chi connectivity index (χ1n) is 7.52. The van der Waals surface area contributed by atoms with Crippen molar-refractivity contribution in [2.45, 2.75) is 44.1 Å². The summed E-state index contributed by atoms with van der Waals surface area (Å²) in [6.07, 6.45) is 6.12. The van der Waals surface area contributed by atoms with E-state index in [2.05, 4.69) is 18.8 Å². The maximum absolute atomic E-state index is 12.5. The van der Waals surface area contributed by atoms with Crippen LogP contribution in [0.2, 0.25) is 0 Å². The Labute approximate surface area is 127 Å². The van der Waals surface area contributed by atoms with Crippen molar-refractivity contribution in [1.29, 1.82) is 0 Å². The maximum atomic E-state index is 12.5. The molecule has 5 nitrogen and oxygen atoms in total. The number of nitrogens with zero attached hydrogens (tertiary/aromatic N) is 2. The van der Waals surface area contributed by atoms with E-state index >= 15 is 0 Å². The Hall–Kier alpha value is -0.980. The molecule has 1 fully saturated rings. The van der Waals surface area contributed by atoms with Crippen LogP contribution >= 0.6 is 0 Å². The van der Waals surface area contributed by atoms with Crippen molar-refractivity contribution in [3.05, 3.63) is 24.5 Å². The van der Waals surface area contributed by atoms with E-state index in [0.29, 0.717) is 25.6 Å². The van der Waals surface area contributed by atoms with Crippen molar-refractivity contribution in [3.63, 3.8) is 0 Å². The summed E-state index contributed by atoms with van der Waals surface area (Å²) < 4.78 is 32.3. The van der Waals surface area contributed by atoms with Crippen molar-refractivity contribution in [2.75, 3.05) is 19.7 Å². The smallest absolute Gasteiger partial charge is 0.244 e. The van der Waals surface area contributed by atoms with E-state index < -0.39 is 10.0 Å². The molecule has 2 rings (SSSR count). The molecule has 0 saturated carbocycles. The number of sulfonamides is 1. The lowest BCUT2D eigenvalue weighted by Crippen LogP contribution is -2.45. The third-order valence-corrected chi connectivity index (χ3v) is 5.53. The zero-order chi connectivity index (χ0) is 15.3. The van der Waals surface area contributed by atoms with Gasteiger partial charge >= 0.3 is 0 Å². The fourth-order valence-electron chi connectivity index (χ4n) is 2.49. The number of morpholine rings is 1. The summed E-state index contributed by atoms with van der Waals surface area (Å²) in [5.41, 5.74) is 0. The zero-order valence-electron chi connectivity index (χ0n) is 12.7. The van der Waals surface area contributed by atoms with Gasteiger partial charge in [0, 0.05) is 25.5 Å². The van der Waals surface area contributed by atoms with Crippen LogP contribution in [0.1, 0.15) is 33.1 Å². The van der Waals surface area contributed by atoms with Crippen molar-refractivity contribution in [1.82, 2.24) is 9.29 Å². The van der Waals surface area contributed by atoms with Crippen LogP contribution in [0.4, 0.5) is 0 Å². The van der Waals surface area contributed by atoms with E-state index in [4.69, 9.17) is 4.74 Å². The second-order valence-electron chi connectivity index (χ2n) is 5.87. The Morgan fingerprint density at radius 1 is 1.48 bits per heavy atom. The van der Waals surface area contributed by atoms with E-state index in [0.717, 1.165) is 19.3 Å². The van der Waals surface area contributed by atoms with Crippen molar-refractivity contribution in [3.8, 4) is 0 Å². The van der Waals surface area contributed by atoms with E-state index in [1.54, 1.807) is 18.3 Å². The lowest BCUT2D eigenvalue weighted by atomic mass is 10.0. The first-order valence-corrected chi connectivity index (χ1v) is 8.96. The first-order chi connectivity index (χ1) is 10.00. The lowest BCUT2D eigenvalue weighted by Gasteiger charge is -2.32. The molecular formula is C15H24N2O3S. The number of rotatable bonds is 6. The van der Waals surface area contributed by atoms with E-state index in [9.17, 15) is 8.42 Å². The van der Waals surface area contributed by atoms with Gasteiger partial charge in [-0.15, -0.1) is 0 Å². The number of hydrogen-bond donors (Lipinski definition) is 0. The third kappa shape index (κ3) is 4.49. The van der Waals surface area contributed by atoms with Crippen molar-refractivity contribution < 1.29 is 13.2 Å². The first kappa shape index (κ1) is 16.4.